The van der Waals surface area contributed by atoms with E-state index in [9.17, 15) is 0 Å². The van der Waals surface area contributed by atoms with Gasteiger partial charge in [0.2, 0.25) is 0 Å². The van der Waals surface area contributed by atoms with Crippen LogP contribution in [0.3, 0.4) is 0 Å². The molecule has 16 heavy (non-hydrogen) atoms. The van der Waals surface area contributed by atoms with Crippen LogP contribution in [0.4, 0.5) is 5.69 Å². The van der Waals surface area contributed by atoms with Crippen LogP contribution in [0.25, 0.3) is 0 Å². The maximum absolute atomic E-state index is 4.09. The molecule has 2 rings (SSSR count). The molecule has 2 nitrogen and oxygen atoms in total. The Bertz CT molecular complexity index is 423. The molecule has 0 aliphatic carbocycles. The third kappa shape index (κ3) is 2.77. The van der Waals surface area contributed by atoms with Crippen molar-refractivity contribution in [2.75, 3.05) is 11.6 Å². The SMILES string of the molecule is CSc1ccc(NC(C)c2cncs2)cc1. The zero-order valence-electron chi connectivity index (χ0n) is 9.31. The average Bonchev–Trinajstić information content (AvgIpc) is 2.83. The molecule has 0 saturated heterocycles. The highest BCUT2D eigenvalue weighted by molar-refractivity contribution is 7.98. The van der Waals surface area contributed by atoms with Gasteiger partial charge in [0.1, 0.15) is 0 Å². The summed E-state index contributed by atoms with van der Waals surface area (Å²) in [6.07, 6.45) is 4.00. The number of nitrogens with zero attached hydrogens (tertiary/aromatic N) is 1. The van der Waals surface area contributed by atoms with Crippen molar-refractivity contribution in [1.82, 2.24) is 4.98 Å². The van der Waals surface area contributed by atoms with Gasteiger partial charge in [0.15, 0.2) is 0 Å². The first-order valence-corrected chi connectivity index (χ1v) is 7.19. The topological polar surface area (TPSA) is 24.9 Å². The summed E-state index contributed by atoms with van der Waals surface area (Å²) < 4.78 is 0. The van der Waals surface area contributed by atoms with Gasteiger partial charge in [-0.1, -0.05) is 0 Å². The highest BCUT2D eigenvalue weighted by atomic mass is 32.2. The minimum atomic E-state index is 0.313. The van der Waals surface area contributed by atoms with Crippen LogP contribution in [0, 0.1) is 0 Å². The van der Waals surface area contributed by atoms with Gasteiger partial charge in [-0.25, -0.2) is 0 Å². The third-order valence-electron chi connectivity index (χ3n) is 2.35. The maximum atomic E-state index is 4.09. The molecule has 4 heteroatoms. The summed E-state index contributed by atoms with van der Waals surface area (Å²) in [5.74, 6) is 0. The van der Waals surface area contributed by atoms with E-state index < -0.39 is 0 Å². The molecule has 0 saturated carbocycles. The lowest BCUT2D eigenvalue weighted by atomic mass is 10.2. The summed E-state index contributed by atoms with van der Waals surface area (Å²) in [6, 6.07) is 8.80. The van der Waals surface area contributed by atoms with E-state index in [1.54, 1.807) is 23.1 Å². The van der Waals surface area contributed by atoms with Crippen LogP contribution >= 0.6 is 23.1 Å². The van der Waals surface area contributed by atoms with Crippen molar-refractivity contribution in [3.05, 3.63) is 40.8 Å². The molecule has 0 aliphatic heterocycles. The second kappa shape index (κ2) is 5.37. The standard InChI is InChI=1S/C12H14N2S2/c1-9(12-7-13-8-16-12)14-10-3-5-11(15-2)6-4-10/h3-9,14H,1-2H3. The van der Waals surface area contributed by atoms with Crippen LogP contribution in [0.2, 0.25) is 0 Å². The molecule has 84 valence electrons. The minimum Gasteiger partial charge on any atom is -0.378 e. The summed E-state index contributed by atoms with van der Waals surface area (Å²) in [4.78, 5) is 6.63. The Labute approximate surface area is 104 Å². The molecule has 0 bridgehead atoms. The van der Waals surface area contributed by atoms with Gasteiger partial charge in [0.05, 0.1) is 11.6 Å². The minimum absolute atomic E-state index is 0.313. The zero-order valence-corrected chi connectivity index (χ0v) is 10.9. The molecule has 2 aromatic rings. The molecular formula is C12H14N2S2. The molecule has 0 amide bonds. The number of hydrogen-bond donors (Lipinski definition) is 1. The third-order valence-corrected chi connectivity index (χ3v) is 4.05. The van der Waals surface area contributed by atoms with Gasteiger partial charge in [0.25, 0.3) is 0 Å². The fourth-order valence-electron chi connectivity index (χ4n) is 1.45. The molecule has 1 N–H and O–H groups in total. The highest BCUT2D eigenvalue weighted by Gasteiger charge is 2.06. The van der Waals surface area contributed by atoms with Gasteiger partial charge < -0.3 is 5.32 Å². The van der Waals surface area contributed by atoms with Crippen molar-refractivity contribution in [3.8, 4) is 0 Å². The number of benzene rings is 1. The van der Waals surface area contributed by atoms with Gasteiger partial charge in [-0.2, -0.15) is 0 Å². The predicted octanol–water partition coefficient (Wildman–Crippen LogP) is 4.04. The van der Waals surface area contributed by atoms with Crippen LogP contribution in [-0.4, -0.2) is 11.2 Å². The number of nitrogens with one attached hydrogen (secondary N) is 1. The molecule has 0 fully saturated rings. The lowest BCUT2D eigenvalue weighted by Crippen LogP contribution is -2.04. The first kappa shape index (κ1) is 11.5. The Hall–Kier alpha value is -1.00. The van der Waals surface area contributed by atoms with Crippen molar-refractivity contribution < 1.29 is 0 Å². The van der Waals surface area contributed by atoms with E-state index in [0.29, 0.717) is 6.04 Å². The summed E-state index contributed by atoms with van der Waals surface area (Å²) in [5, 5.41) is 3.46. The van der Waals surface area contributed by atoms with Crippen molar-refractivity contribution in [2.45, 2.75) is 17.9 Å². The van der Waals surface area contributed by atoms with E-state index in [2.05, 4.69) is 47.7 Å². The van der Waals surface area contributed by atoms with Gasteiger partial charge >= 0.3 is 0 Å². The van der Waals surface area contributed by atoms with E-state index in [4.69, 9.17) is 0 Å². The second-order valence-electron chi connectivity index (χ2n) is 3.50. The summed E-state index contributed by atoms with van der Waals surface area (Å²) in [6.45, 7) is 2.15. The molecule has 1 unspecified atom stereocenters. The Morgan fingerprint density at radius 1 is 1.31 bits per heavy atom. The van der Waals surface area contributed by atoms with Crippen LogP contribution < -0.4 is 5.32 Å². The molecular weight excluding hydrogens is 236 g/mol. The Morgan fingerprint density at radius 2 is 2.06 bits per heavy atom. The quantitative estimate of drug-likeness (QED) is 0.829. The van der Waals surface area contributed by atoms with Crippen LogP contribution in [-0.2, 0) is 0 Å². The summed E-state index contributed by atoms with van der Waals surface area (Å²) in [5.41, 5.74) is 3.02. The van der Waals surface area contributed by atoms with E-state index in [1.807, 2.05) is 11.7 Å². The van der Waals surface area contributed by atoms with E-state index in [-0.39, 0.29) is 0 Å². The van der Waals surface area contributed by atoms with Crippen molar-refractivity contribution in [2.24, 2.45) is 0 Å². The van der Waals surface area contributed by atoms with E-state index in [1.165, 1.54) is 9.77 Å². The smallest absolute Gasteiger partial charge is 0.0795 e. The highest BCUT2D eigenvalue weighted by Crippen LogP contribution is 2.23. The first-order valence-electron chi connectivity index (χ1n) is 5.08. The summed E-state index contributed by atoms with van der Waals surface area (Å²) >= 11 is 3.44. The lowest BCUT2D eigenvalue weighted by Gasteiger charge is -2.13. The van der Waals surface area contributed by atoms with E-state index in [0.717, 1.165) is 5.69 Å². The Kier molecular flexibility index (Phi) is 3.85. The first-order chi connectivity index (χ1) is 7.79. The lowest BCUT2D eigenvalue weighted by molar-refractivity contribution is 0.903. The van der Waals surface area contributed by atoms with E-state index >= 15 is 0 Å². The number of rotatable bonds is 4. The van der Waals surface area contributed by atoms with Gasteiger partial charge in [-0.15, -0.1) is 23.1 Å². The number of thioether (sulfide) groups is 1. The van der Waals surface area contributed by atoms with Crippen molar-refractivity contribution in [1.29, 1.82) is 0 Å². The fraction of sp³-hybridized carbons (Fsp3) is 0.250. The number of anilines is 1. The van der Waals surface area contributed by atoms with Gasteiger partial charge in [0, 0.05) is 21.7 Å². The van der Waals surface area contributed by atoms with Gasteiger partial charge in [-0.3, -0.25) is 4.98 Å². The molecule has 0 radical (unpaired) electrons. The molecule has 1 aromatic carbocycles. The monoisotopic (exact) mass is 250 g/mol. The van der Waals surface area contributed by atoms with Crippen LogP contribution in [0.1, 0.15) is 17.8 Å². The summed E-state index contributed by atoms with van der Waals surface area (Å²) in [7, 11) is 0. The molecule has 1 heterocycles. The normalized spacial score (nSPS) is 12.4. The Balaban J connectivity index is 2.03. The Morgan fingerprint density at radius 3 is 2.62 bits per heavy atom. The zero-order chi connectivity index (χ0) is 11.4. The molecule has 0 spiro atoms. The largest absolute Gasteiger partial charge is 0.378 e. The maximum Gasteiger partial charge on any atom is 0.0795 e. The molecule has 0 aliphatic rings. The predicted molar refractivity (Wildman–Crippen MR) is 72.4 cm³/mol. The second-order valence-corrected chi connectivity index (χ2v) is 5.30. The van der Waals surface area contributed by atoms with Crippen molar-refractivity contribution >= 4 is 28.8 Å². The number of aromatic nitrogens is 1. The van der Waals surface area contributed by atoms with Crippen LogP contribution in [0.5, 0.6) is 0 Å². The average molecular weight is 250 g/mol. The molecule has 1 atom stereocenters. The van der Waals surface area contributed by atoms with Crippen molar-refractivity contribution in [3.63, 3.8) is 0 Å². The molecule has 1 aromatic heterocycles. The van der Waals surface area contributed by atoms with Gasteiger partial charge in [-0.05, 0) is 37.4 Å². The van der Waals surface area contributed by atoms with Crippen LogP contribution in [0.15, 0.2) is 40.9 Å². The number of hydrogen-bond acceptors (Lipinski definition) is 4. The number of thiazole rings is 1. The fourth-order valence-corrected chi connectivity index (χ4v) is 2.48.